The van der Waals surface area contributed by atoms with Gasteiger partial charge in [-0.3, -0.25) is 9.59 Å². The Morgan fingerprint density at radius 1 is 1.17 bits per heavy atom. The Kier molecular flexibility index (Phi) is 5.89. The molecule has 24 heavy (non-hydrogen) atoms. The van der Waals surface area contributed by atoms with Gasteiger partial charge in [0.1, 0.15) is 17.3 Å². The lowest BCUT2D eigenvalue weighted by atomic mass is 10.1. The minimum atomic E-state index is -0.532. The fourth-order valence-corrected chi connectivity index (χ4v) is 2.08. The van der Waals surface area contributed by atoms with Crippen molar-refractivity contribution in [2.75, 3.05) is 13.7 Å². The number of hydrogen-bond acceptors (Lipinski definition) is 4. The fourth-order valence-electron chi connectivity index (χ4n) is 2.08. The monoisotopic (exact) mass is 331 g/mol. The van der Waals surface area contributed by atoms with Crippen molar-refractivity contribution in [2.24, 2.45) is 0 Å². The molecule has 0 aliphatic carbocycles. The summed E-state index contributed by atoms with van der Waals surface area (Å²) < 4.78 is 23.6. The maximum Gasteiger partial charge on any atom is 0.258 e. The molecule has 0 aromatic heterocycles. The van der Waals surface area contributed by atoms with Crippen LogP contribution in [0.3, 0.4) is 0 Å². The van der Waals surface area contributed by atoms with Crippen LogP contribution in [-0.4, -0.2) is 25.4 Å². The third kappa shape index (κ3) is 4.81. The number of benzene rings is 2. The van der Waals surface area contributed by atoms with Gasteiger partial charge in [-0.05, 0) is 42.8 Å². The van der Waals surface area contributed by atoms with Gasteiger partial charge >= 0.3 is 0 Å². The molecular weight excluding hydrogens is 313 g/mol. The molecular formula is C18H18FNO4. The van der Waals surface area contributed by atoms with Gasteiger partial charge in [0.2, 0.25) is 0 Å². The minimum Gasteiger partial charge on any atom is -0.497 e. The summed E-state index contributed by atoms with van der Waals surface area (Å²) in [6, 6.07) is 10.9. The van der Waals surface area contributed by atoms with E-state index in [1.54, 1.807) is 7.11 Å². The lowest BCUT2D eigenvalue weighted by Crippen LogP contribution is -2.28. The first kappa shape index (κ1) is 17.5. The zero-order valence-corrected chi connectivity index (χ0v) is 13.5. The second-order valence-electron chi connectivity index (χ2n) is 5.11. The van der Waals surface area contributed by atoms with Crippen molar-refractivity contribution in [3.8, 4) is 11.5 Å². The van der Waals surface area contributed by atoms with Gasteiger partial charge in [-0.15, -0.1) is 0 Å². The number of amides is 1. The summed E-state index contributed by atoms with van der Waals surface area (Å²) in [5.74, 6) is -0.330. The van der Waals surface area contributed by atoms with Gasteiger partial charge in [0.15, 0.2) is 12.4 Å². The molecule has 0 fully saturated rings. The predicted octanol–water partition coefficient (Wildman–Crippen LogP) is 2.73. The van der Waals surface area contributed by atoms with E-state index >= 15 is 0 Å². The van der Waals surface area contributed by atoms with Crippen LogP contribution in [-0.2, 0) is 11.3 Å². The SMILES string of the molecule is COc1cccc(CNC(=O)COc2ccc(F)cc2C(C)=O)c1. The number of halogens is 1. The van der Waals surface area contributed by atoms with E-state index in [4.69, 9.17) is 9.47 Å². The molecule has 126 valence electrons. The fraction of sp³-hybridized carbons (Fsp3) is 0.222. The molecule has 0 saturated carbocycles. The molecule has 0 aliphatic heterocycles. The highest BCUT2D eigenvalue weighted by Crippen LogP contribution is 2.20. The van der Waals surface area contributed by atoms with Gasteiger partial charge in [-0.25, -0.2) is 4.39 Å². The van der Waals surface area contributed by atoms with Crippen LogP contribution < -0.4 is 14.8 Å². The first-order valence-electron chi connectivity index (χ1n) is 7.32. The third-order valence-electron chi connectivity index (χ3n) is 3.30. The average Bonchev–Trinajstić information content (AvgIpc) is 2.58. The molecule has 1 N–H and O–H groups in total. The van der Waals surface area contributed by atoms with Crippen LogP contribution in [0.1, 0.15) is 22.8 Å². The lowest BCUT2D eigenvalue weighted by molar-refractivity contribution is -0.123. The zero-order chi connectivity index (χ0) is 17.5. The first-order valence-corrected chi connectivity index (χ1v) is 7.32. The summed E-state index contributed by atoms with van der Waals surface area (Å²) in [7, 11) is 1.57. The van der Waals surface area contributed by atoms with Crippen LogP contribution in [0, 0.1) is 5.82 Å². The highest BCUT2D eigenvalue weighted by molar-refractivity contribution is 5.96. The highest BCUT2D eigenvalue weighted by Gasteiger charge is 2.11. The molecule has 0 unspecified atom stereocenters. The molecule has 0 atom stereocenters. The second kappa shape index (κ2) is 8.10. The number of ether oxygens (including phenoxy) is 2. The van der Waals surface area contributed by atoms with Crippen LogP contribution in [0.2, 0.25) is 0 Å². The van der Waals surface area contributed by atoms with Gasteiger partial charge < -0.3 is 14.8 Å². The van der Waals surface area contributed by atoms with Crippen molar-refractivity contribution in [3.05, 3.63) is 59.4 Å². The summed E-state index contributed by atoms with van der Waals surface area (Å²) in [4.78, 5) is 23.3. The molecule has 1 amide bonds. The van der Waals surface area contributed by atoms with Crippen LogP contribution in [0.25, 0.3) is 0 Å². The molecule has 6 heteroatoms. The normalized spacial score (nSPS) is 10.1. The Morgan fingerprint density at radius 3 is 2.67 bits per heavy atom. The number of carbonyl (C=O) groups is 2. The molecule has 0 spiro atoms. The van der Waals surface area contributed by atoms with Crippen LogP contribution in [0.15, 0.2) is 42.5 Å². The summed E-state index contributed by atoms with van der Waals surface area (Å²) in [5.41, 5.74) is 0.990. The molecule has 0 radical (unpaired) electrons. The number of hydrogen-bond donors (Lipinski definition) is 1. The Balaban J connectivity index is 1.90. The second-order valence-corrected chi connectivity index (χ2v) is 5.11. The van der Waals surface area contributed by atoms with Gasteiger partial charge in [0, 0.05) is 6.54 Å². The van der Waals surface area contributed by atoms with Gasteiger partial charge in [0.05, 0.1) is 12.7 Å². The number of carbonyl (C=O) groups excluding carboxylic acids is 2. The molecule has 2 aromatic rings. The van der Waals surface area contributed by atoms with E-state index in [1.165, 1.54) is 19.1 Å². The molecule has 0 bridgehead atoms. The Morgan fingerprint density at radius 2 is 1.96 bits per heavy atom. The minimum absolute atomic E-state index is 0.107. The zero-order valence-electron chi connectivity index (χ0n) is 13.5. The smallest absolute Gasteiger partial charge is 0.258 e. The lowest BCUT2D eigenvalue weighted by Gasteiger charge is -2.10. The summed E-state index contributed by atoms with van der Waals surface area (Å²) in [5, 5.41) is 2.70. The molecule has 2 aromatic carbocycles. The number of nitrogens with one attached hydrogen (secondary N) is 1. The van der Waals surface area contributed by atoms with Crippen LogP contribution in [0.4, 0.5) is 4.39 Å². The van der Waals surface area contributed by atoms with E-state index in [1.807, 2.05) is 24.3 Å². The van der Waals surface area contributed by atoms with E-state index in [2.05, 4.69) is 5.32 Å². The number of rotatable bonds is 7. The van der Waals surface area contributed by atoms with Crippen LogP contribution >= 0.6 is 0 Å². The number of Topliss-reactive ketones (excluding diaryl/α,β-unsaturated/α-hetero) is 1. The van der Waals surface area contributed by atoms with E-state index in [9.17, 15) is 14.0 Å². The van der Waals surface area contributed by atoms with Gasteiger partial charge in [0.25, 0.3) is 5.91 Å². The maximum absolute atomic E-state index is 13.2. The molecule has 5 nitrogen and oxygen atoms in total. The van der Waals surface area contributed by atoms with Crippen molar-refractivity contribution < 1.29 is 23.5 Å². The number of ketones is 1. The quantitative estimate of drug-likeness (QED) is 0.792. The first-order chi connectivity index (χ1) is 11.5. The average molecular weight is 331 g/mol. The maximum atomic E-state index is 13.2. The van der Waals surface area contributed by atoms with Crippen molar-refractivity contribution in [1.29, 1.82) is 0 Å². The van der Waals surface area contributed by atoms with Crippen molar-refractivity contribution >= 4 is 11.7 Å². The van der Waals surface area contributed by atoms with E-state index in [0.29, 0.717) is 12.3 Å². The largest absolute Gasteiger partial charge is 0.497 e. The summed E-state index contributed by atoms with van der Waals surface area (Å²) >= 11 is 0. The van der Waals surface area contributed by atoms with E-state index < -0.39 is 5.82 Å². The summed E-state index contributed by atoms with van der Waals surface area (Å²) in [6.45, 7) is 1.36. The molecule has 0 saturated heterocycles. The Hall–Kier alpha value is -2.89. The Bertz CT molecular complexity index is 746. The van der Waals surface area contributed by atoms with Gasteiger partial charge in [-0.1, -0.05) is 12.1 Å². The molecule has 2 rings (SSSR count). The highest BCUT2D eigenvalue weighted by atomic mass is 19.1. The number of methoxy groups -OCH3 is 1. The van der Waals surface area contributed by atoms with E-state index in [-0.39, 0.29) is 29.6 Å². The topological polar surface area (TPSA) is 64.6 Å². The predicted molar refractivity (Wildman–Crippen MR) is 86.7 cm³/mol. The van der Waals surface area contributed by atoms with Crippen molar-refractivity contribution in [3.63, 3.8) is 0 Å². The standard InChI is InChI=1S/C18H18FNO4/c1-12(21)16-9-14(19)6-7-17(16)24-11-18(22)20-10-13-4-3-5-15(8-13)23-2/h3-9H,10-11H2,1-2H3,(H,20,22). The molecule has 0 heterocycles. The summed E-state index contributed by atoms with van der Waals surface area (Å²) in [6.07, 6.45) is 0. The van der Waals surface area contributed by atoms with Crippen molar-refractivity contribution in [1.82, 2.24) is 5.32 Å². The molecule has 0 aliphatic rings. The van der Waals surface area contributed by atoms with Crippen molar-refractivity contribution in [2.45, 2.75) is 13.5 Å². The van der Waals surface area contributed by atoms with Gasteiger partial charge in [-0.2, -0.15) is 0 Å². The third-order valence-corrected chi connectivity index (χ3v) is 3.30. The van der Waals surface area contributed by atoms with E-state index in [0.717, 1.165) is 11.6 Å². The Labute approximate surface area is 139 Å². The van der Waals surface area contributed by atoms with Crippen LogP contribution in [0.5, 0.6) is 11.5 Å².